The molecule has 0 spiro atoms. The number of hydrogen-bond donors (Lipinski definition) is 4. The number of aryl methyl sites for hydroxylation is 1. The van der Waals surface area contributed by atoms with Crippen LogP contribution in [0.15, 0.2) is 72.9 Å². The van der Waals surface area contributed by atoms with Crippen LogP contribution in [0.4, 0.5) is 11.8 Å². The van der Waals surface area contributed by atoms with Gasteiger partial charge in [0.25, 0.3) is 11.8 Å². The zero-order valence-electron chi connectivity index (χ0n) is 51.2. The quantitative estimate of drug-likeness (QED) is 0.0239. The molecule has 0 radical (unpaired) electrons. The van der Waals surface area contributed by atoms with E-state index in [-0.39, 0.29) is 48.5 Å². The van der Waals surface area contributed by atoms with E-state index < -0.39 is 24.0 Å². The Kier molecular flexibility index (Phi) is 27.9. The second-order valence-corrected chi connectivity index (χ2v) is 20.2. The number of piperidine rings is 1. The Morgan fingerprint density at radius 3 is 1.80 bits per heavy atom. The molecule has 5 aromatic rings. The van der Waals surface area contributed by atoms with Crippen molar-refractivity contribution in [2.45, 2.75) is 82.8 Å². The van der Waals surface area contributed by atoms with Crippen molar-refractivity contribution in [2.75, 3.05) is 134 Å². The molecule has 474 valence electrons. The van der Waals surface area contributed by atoms with Gasteiger partial charge in [0, 0.05) is 51.0 Å². The largest absolute Gasteiger partial charge is 0.493 e. The van der Waals surface area contributed by atoms with E-state index in [4.69, 9.17) is 73.0 Å². The summed E-state index contributed by atoms with van der Waals surface area (Å²) in [6.45, 7) is 4.90. The number of esters is 1. The second kappa shape index (κ2) is 35.9. The van der Waals surface area contributed by atoms with E-state index >= 15 is 0 Å². The number of hydrogen-bond acceptors (Lipinski definition) is 21. The lowest BCUT2D eigenvalue weighted by Crippen LogP contribution is -2.50. The van der Waals surface area contributed by atoms with Crippen molar-refractivity contribution in [2.24, 2.45) is 0 Å². The summed E-state index contributed by atoms with van der Waals surface area (Å²) < 4.78 is 73.9. The second-order valence-electron chi connectivity index (χ2n) is 20.2. The molecule has 6 rings (SSSR count). The van der Waals surface area contributed by atoms with Crippen LogP contribution in [0.5, 0.6) is 51.7 Å². The lowest BCUT2D eigenvalue weighted by Gasteiger charge is -2.37. The van der Waals surface area contributed by atoms with E-state index in [9.17, 15) is 19.2 Å². The van der Waals surface area contributed by atoms with Crippen LogP contribution in [-0.2, 0) is 51.0 Å². The number of carbonyl (C=O) groups excluding carboxylic acids is 4. The fourth-order valence-corrected chi connectivity index (χ4v) is 9.85. The van der Waals surface area contributed by atoms with Gasteiger partial charge in [0.1, 0.15) is 23.7 Å². The highest BCUT2D eigenvalue weighted by Crippen LogP contribution is 2.42. The maximum Gasteiger partial charge on any atom is 0.329 e. The van der Waals surface area contributed by atoms with Crippen LogP contribution >= 0.6 is 0 Å². The van der Waals surface area contributed by atoms with Crippen molar-refractivity contribution >= 4 is 35.5 Å². The highest BCUT2D eigenvalue weighted by molar-refractivity contribution is 5.89. The number of amides is 3. The Morgan fingerprint density at radius 1 is 0.632 bits per heavy atom. The summed E-state index contributed by atoms with van der Waals surface area (Å²) >= 11 is 0. The van der Waals surface area contributed by atoms with Gasteiger partial charge in [-0.25, -0.2) is 9.78 Å². The Hall–Kier alpha value is -8.48. The highest BCUT2D eigenvalue weighted by atomic mass is 16.6. The predicted molar refractivity (Wildman–Crippen MR) is 324 cm³/mol. The molecule has 0 bridgehead atoms. The van der Waals surface area contributed by atoms with Gasteiger partial charge in [-0.2, -0.15) is 4.98 Å². The number of nitrogens with one attached hydrogen (secondary N) is 2. The van der Waals surface area contributed by atoms with Gasteiger partial charge in [-0.05, 0) is 122 Å². The monoisotopic (exact) mass is 1210 g/mol. The number of carbonyl (C=O) groups is 4. The van der Waals surface area contributed by atoms with Gasteiger partial charge < -0.3 is 88.6 Å². The van der Waals surface area contributed by atoms with Gasteiger partial charge in [-0.3, -0.25) is 14.4 Å². The zero-order chi connectivity index (χ0) is 62.5. The zero-order valence-corrected chi connectivity index (χ0v) is 51.2. The first-order valence-electron chi connectivity index (χ1n) is 29.0. The first kappa shape index (κ1) is 67.6. The van der Waals surface area contributed by atoms with Crippen molar-refractivity contribution in [1.82, 2.24) is 25.5 Å². The first-order chi connectivity index (χ1) is 42.3. The molecule has 2 heterocycles. The smallest absolute Gasteiger partial charge is 0.329 e. The molecule has 1 aromatic heterocycles. The number of rotatable bonds is 38. The third kappa shape index (κ3) is 20.3. The average Bonchev–Trinajstić information content (AvgIpc) is 1.64. The van der Waals surface area contributed by atoms with Crippen molar-refractivity contribution in [1.29, 1.82) is 0 Å². The van der Waals surface area contributed by atoms with Gasteiger partial charge in [-0.15, -0.1) is 0 Å². The van der Waals surface area contributed by atoms with Crippen LogP contribution < -0.4 is 64.7 Å². The van der Waals surface area contributed by atoms with Gasteiger partial charge >= 0.3 is 5.97 Å². The van der Waals surface area contributed by atoms with Gasteiger partial charge in [0.05, 0.1) is 82.1 Å². The number of nitrogens with zero attached hydrogens (tertiary/aromatic N) is 3. The van der Waals surface area contributed by atoms with Crippen LogP contribution in [0.25, 0.3) is 0 Å². The van der Waals surface area contributed by atoms with Crippen LogP contribution in [-0.4, -0.2) is 167 Å². The number of nitrogen functional groups attached to an aromatic ring is 2. The summed E-state index contributed by atoms with van der Waals surface area (Å²) in [5.74, 6) is 2.33. The van der Waals surface area contributed by atoms with Crippen molar-refractivity contribution in [3.05, 3.63) is 101 Å². The van der Waals surface area contributed by atoms with Gasteiger partial charge in [-0.1, -0.05) is 25.1 Å². The van der Waals surface area contributed by atoms with E-state index in [0.29, 0.717) is 167 Å². The summed E-state index contributed by atoms with van der Waals surface area (Å²) in [6, 6.07) is 19.1. The summed E-state index contributed by atoms with van der Waals surface area (Å²) in [6.07, 6.45) is 5.65. The minimum absolute atomic E-state index is 0.0867. The molecule has 1 saturated heterocycles. The first-order valence-corrected chi connectivity index (χ1v) is 29.0. The van der Waals surface area contributed by atoms with Crippen LogP contribution in [0.3, 0.4) is 0 Å². The molecular formula is C63H85N7O17. The standard InChI is InChI=1S/C63H85N7O17/c1-9-47(44-36-54(79-6)58(81-8)55(37-44)80-7)61(73)70-24-11-10-17-48(70)62(74)87-49(20-18-41-19-21-50(75-2)51(32-41)76-3)43-15-12-16-46(35-43)85-39-56(71)66-22-13-25-82-27-29-84-30-28-83-26-14-23-67-57(72)40-86-59-52(77-4)33-42(34-53(59)78-5)31-45-38-68-63(65)69-60(45)64/h12,15-16,19,21,32-38,47-49H,9-11,13-14,17-18,20,22-31,39-40H2,1-8H3,(H,66,71)(H,67,72)(H4,64,65,68,69)/t47?,48?,49-/m1/s1. The maximum atomic E-state index is 14.5. The SMILES string of the molecule is CCC(C(=O)N1CCCCC1C(=O)O[C@H](CCc1ccc(OC)c(OC)c1)c1cccc(OCC(=O)NCCCOCCOCCOCCCNC(=O)COc2c(OC)cc(Cc3cnc(N)nc3N)cc2OC)c1)c1cc(OC)c(OC)c(OC)c1. The number of aromatic nitrogens is 2. The molecule has 24 nitrogen and oxygen atoms in total. The Balaban J connectivity index is 0.884. The van der Waals surface area contributed by atoms with E-state index in [1.165, 1.54) is 35.5 Å². The lowest BCUT2D eigenvalue weighted by atomic mass is 9.91. The van der Waals surface area contributed by atoms with E-state index in [2.05, 4.69) is 20.6 Å². The number of likely N-dealkylation sites (tertiary alicyclic amines) is 1. The van der Waals surface area contributed by atoms with Crippen molar-refractivity contribution < 1.29 is 80.8 Å². The van der Waals surface area contributed by atoms with Crippen LogP contribution in [0, 0.1) is 0 Å². The topological polar surface area (TPSA) is 293 Å². The molecule has 6 N–H and O–H groups in total. The Morgan fingerprint density at radius 2 is 1.22 bits per heavy atom. The van der Waals surface area contributed by atoms with Gasteiger partial charge in [0.15, 0.2) is 47.7 Å². The number of ether oxygens (including phenoxy) is 13. The molecule has 2 unspecified atom stereocenters. The maximum absolute atomic E-state index is 14.5. The molecule has 0 aliphatic carbocycles. The van der Waals surface area contributed by atoms with Gasteiger partial charge in [0.2, 0.25) is 23.4 Å². The van der Waals surface area contributed by atoms with E-state index in [1.54, 1.807) is 67.8 Å². The summed E-state index contributed by atoms with van der Waals surface area (Å²) in [5.41, 5.74) is 15.4. The minimum Gasteiger partial charge on any atom is -0.493 e. The third-order valence-corrected chi connectivity index (χ3v) is 14.4. The number of methoxy groups -OCH3 is 7. The normalized spacial score (nSPS) is 13.6. The molecule has 1 aliphatic rings. The summed E-state index contributed by atoms with van der Waals surface area (Å²) in [7, 11) is 10.7. The number of anilines is 2. The third-order valence-electron chi connectivity index (χ3n) is 14.4. The average molecular weight is 1210 g/mol. The fourth-order valence-electron chi connectivity index (χ4n) is 9.85. The molecule has 0 saturated carbocycles. The van der Waals surface area contributed by atoms with E-state index in [1.807, 2.05) is 31.2 Å². The molecule has 24 heteroatoms. The minimum atomic E-state index is -0.818. The lowest BCUT2D eigenvalue weighted by molar-refractivity contribution is -0.162. The van der Waals surface area contributed by atoms with Crippen LogP contribution in [0.2, 0.25) is 0 Å². The molecule has 4 aromatic carbocycles. The summed E-state index contributed by atoms with van der Waals surface area (Å²) in [4.78, 5) is 64.2. The Labute approximate surface area is 509 Å². The summed E-state index contributed by atoms with van der Waals surface area (Å²) in [5, 5.41) is 5.67. The number of nitrogens with two attached hydrogens (primary N) is 2. The molecule has 1 aliphatic heterocycles. The molecule has 3 atom stereocenters. The fraction of sp³-hybridized carbons (Fsp3) is 0.492. The van der Waals surface area contributed by atoms with Crippen molar-refractivity contribution in [3.63, 3.8) is 0 Å². The molecule has 87 heavy (non-hydrogen) atoms. The van der Waals surface area contributed by atoms with Crippen LogP contribution in [0.1, 0.15) is 91.7 Å². The molecular weight excluding hydrogens is 1130 g/mol. The Bertz CT molecular complexity index is 2950. The molecule has 1 fully saturated rings. The van der Waals surface area contributed by atoms with E-state index in [0.717, 1.165) is 24.0 Å². The molecule has 3 amide bonds. The van der Waals surface area contributed by atoms with Crippen molar-refractivity contribution in [3.8, 4) is 51.7 Å². The number of benzene rings is 4. The highest BCUT2D eigenvalue weighted by Gasteiger charge is 2.38. The predicted octanol–water partition coefficient (Wildman–Crippen LogP) is 6.60.